The lowest BCUT2D eigenvalue weighted by Gasteiger charge is -2.36. The molecular formula is C27H30ClN5O2. The molecule has 1 N–H and O–H groups in total. The van der Waals surface area contributed by atoms with Crippen molar-refractivity contribution in [2.45, 2.75) is 57.5 Å². The average Bonchev–Trinajstić information content (AvgIpc) is 3.61. The molecule has 0 spiro atoms. The van der Waals surface area contributed by atoms with E-state index < -0.39 is 0 Å². The van der Waals surface area contributed by atoms with E-state index >= 15 is 0 Å². The fourth-order valence-electron chi connectivity index (χ4n) is 5.31. The molecule has 2 aromatic heterocycles. The molecule has 0 radical (unpaired) electrons. The van der Waals surface area contributed by atoms with E-state index in [9.17, 15) is 4.79 Å². The highest BCUT2D eigenvalue weighted by Gasteiger charge is 2.39. The molecule has 35 heavy (non-hydrogen) atoms. The second kappa shape index (κ2) is 9.28. The van der Waals surface area contributed by atoms with Gasteiger partial charge in [0.1, 0.15) is 10.9 Å². The van der Waals surface area contributed by atoms with E-state index in [1.54, 1.807) is 6.07 Å². The Balaban J connectivity index is 1.44. The highest BCUT2D eigenvalue weighted by molar-refractivity contribution is 6.29. The van der Waals surface area contributed by atoms with Gasteiger partial charge in [-0.1, -0.05) is 17.7 Å². The van der Waals surface area contributed by atoms with Gasteiger partial charge in [0.2, 0.25) is 11.8 Å². The lowest BCUT2D eigenvalue weighted by Crippen LogP contribution is -2.43. The Labute approximate surface area is 210 Å². The maximum Gasteiger partial charge on any atom is 0.230 e. The van der Waals surface area contributed by atoms with Crippen molar-refractivity contribution in [3.05, 3.63) is 53.4 Å². The fourth-order valence-corrected chi connectivity index (χ4v) is 5.47. The summed E-state index contributed by atoms with van der Waals surface area (Å²) in [4.78, 5) is 19.6. The van der Waals surface area contributed by atoms with Gasteiger partial charge >= 0.3 is 0 Å². The Hall–Kier alpha value is -2.90. The number of fused-ring (bicyclic) bond motifs is 1. The quantitative estimate of drug-likeness (QED) is 0.484. The summed E-state index contributed by atoms with van der Waals surface area (Å²) in [5, 5.41) is 8.51. The van der Waals surface area contributed by atoms with Gasteiger partial charge < -0.3 is 15.0 Å². The molecule has 1 amide bonds. The molecule has 6 rings (SSSR count). The van der Waals surface area contributed by atoms with Gasteiger partial charge in [-0.05, 0) is 76.7 Å². The summed E-state index contributed by atoms with van der Waals surface area (Å²) in [5.41, 5.74) is 3.96. The third-order valence-electron chi connectivity index (χ3n) is 7.40. The summed E-state index contributed by atoms with van der Waals surface area (Å²) in [6.07, 6.45) is 9.87. The van der Waals surface area contributed by atoms with E-state index in [1.807, 2.05) is 23.2 Å². The zero-order valence-corrected chi connectivity index (χ0v) is 20.7. The molecule has 1 atom stereocenters. The second-order valence-electron chi connectivity index (χ2n) is 9.90. The molecule has 3 aromatic rings. The van der Waals surface area contributed by atoms with Crippen LogP contribution >= 0.6 is 11.6 Å². The Morgan fingerprint density at radius 1 is 1.11 bits per heavy atom. The first-order valence-electron chi connectivity index (χ1n) is 12.6. The van der Waals surface area contributed by atoms with Gasteiger partial charge in [-0.3, -0.25) is 9.48 Å². The number of halogens is 1. The summed E-state index contributed by atoms with van der Waals surface area (Å²) >= 11 is 6.16. The normalized spacial score (nSPS) is 20.5. The van der Waals surface area contributed by atoms with Gasteiger partial charge in [0.15, 0.2) is 0 Å². The number of rotatable bonds is 5. The number of carbonyl (C=O) groups is 1. The molecule has 3 aliphatic rings. The first-order chi connectivity index (χ1) is 17.1. The maximum atomic E-state index is 13.2. The number of amides is 1. The molecule has 7 nitrogen and oxygen atoms in total. The van der Waals surface area contributed by atoms with Crippen LogP contribution in [0.1, 0.15) is 50.6 Å². The zero-order chi connectivity index (χ0) is 23.9. The molecule has 1 aromatic carbocycles. The molecule has 2 aliphatic heterocycles. The third-order valence-corrected chi connectivity index (χ3v) is 7.61. The number of nitrogens with zero attached hydrogens (tertiary/aromatic N) is 4. The minimum atomic E-state index is 0.158. The van der Waals surface area contributed by atoms with Crippen LogP contribution < -0.4 is 15.0 Å². The smallest absolute Gasteiger partial charge is 0.230 e. The van der Waals surface area contributed by atoms with Crippen LogP contribution in [0, 0.1) is 5.92 Å². The molecular weight excluding hydrogens is 462 g/mol. The number of carbonyl (C=O) groups excluding carboxylic acids is 1. The van der Waals surface area contributed by atoms with E-state index in [-0.39, 0.29) is 17.9 Å². The Morgan fingerprint density at radius 3 is 2.71 bits per heavy atom. The average molecular weight is 492 g/mol. The van der Waals surface area contributed by atoms with Crippen molar-refractivity contribution in [2.75, 3.05) is 18.0 Å². The van der Waals surface area contributed by atoms with Gasteiger partial charge in [0, 0.05) is 40.9 Å². The van der Waals surface area contributed by atoms with Crippen molar-refractivity contribution >= 4 is 23.2 Å². The van der Waals surface area contributed by atoms with Gasteiger partial charge in [-0.25, -0.2) is 4.98 Å². The monoisotopic (exact) mass is 491 g/mol. The highest BCUT2D eigenvalue weighted by atomic mass is 35.5. The summed E-state index contributed by atoms with van der Waals surface area (Å²) in [5.74, 6) is 1.57. The standard InChI is InChI=1S/C27H30ClN5O2/c1-17-5-8-22-23(33(17)27(34)18-6-7-18)10-9-21(26(22)35-25-4-2-3-24(28)31-25)19-15-30-32(16-19)20-11-13-29-14-12-20/h2-4,9-10,15-18,20,29H,5-8,11-14H2,1H3/t17-/m0/s1. The van der Waals surface area contributed by atoms with Crippen LogP contribution in [0.2, 0.25) is 5.15 Å². The number of ether oxygens (including phenoxy) is 1. The largest absolute Gasteiger partial charge is 0.438 e. The van der Waals surface area contributed by atoms with Crippen LogP contribution in [-0.2, 0) is 11.2 Å². The highest BCUT2D eigenvalue weighted by Crippen LogP contribution is 2.46. The predicted molar refractivity (Wildman–Crippen MR) is 136 cm³/mol. The number of benzene rings is 1. The van der Waals surface area contributed by atoms with Crippen LogP contribution in [0.4, 0.5) is 5.69 Å². The molecule has 4 heterocycles. The first-order valence-corrected chi connectivity index (χ1v) is 13.0. The summed E-state index contributed by atoms with van der Waals surface area (Å²) in [6, 6.07) is 10.1. The molecule has 8 heteroatoms. The number of hydrogen-bond donors (Lipinski definition) is 1. The SMILES string of the molecule is C[C@H]1CCc2c(ccc(-c3cnn(C4CCNCC4)c3)c2Oc2cccc(Cl)n2)N1C(=O)C1CC1. The predicted octanol–water partition coefficient (Wildman–Crippen LogP) is 5.39. The molecule has 2 fully saturated rings. The van der Waals surface area contributed by atoms with Crippen molar-refractivity contribution in [2.24, 2.45) is 5.92 Å². The van der Waals surface area contributed by atoms with Crippen molar-refractivity contribution in [1.29, 1.82) is 0 Å². The topological polar surface area (TPSA) is 72.3 Å². The molecule has 0 bridgehead atoms. The summed E-state index contributed by atoms with van der Waals surface area (Å²) < 4.78 is 8.54. The number of piperidine rings is 1. The lowest BCUT2D eigenvalue weighted by atomic mass is 9.92. The van der Waals surface area contributed by atoms with Gasteiger partial charge in [0.05, 0.1) is 17.9 Å². The summed E-state index contributed by atoms with van der Waals surface area (Å²) in [6.45, 7) is 4.16. The van der Waals surface area contributed by atoms with Gasteiger partial charge in [-0.15, -0.1) is 0 Å². The minimum Gasteiger partial charge on any atom is -0.438 e. The van der Waals surface area contributed by atoms with Crippen molar-refractivity contribution < 1.29 is 9.53 Å². The molecule has 1 saturated carbocycles. The fraction of sp³-hybridized carbons (Fsp3) is 0.444. The van der Waals surface area contributed by atoms with Crippen LogP contribution in [0.3, 0.4) is 0 Å². The molecule has 1 saturated heterocycles. The first kappa shape index (κ1) is 22.6. The van der Waals surface area contributed by atoms with Crippen molar-refractivity contribution in [3.8, 4) is 22.8 Å². The van der Waals surface area contributed by atoms with Gasteiger partial charge in [-0.2, -0.15) is 5.10 Å². The van der Waals surface area contributed by atoms with E-state index in [1.165, 1.54) is 0 Å². The van der Waals surface area contributed by atoms with E-state index in [0.29, 0.717) is 17.1 Å². The third kappa shape index (κ3) is 4.43. The van der Waals surface area contributed by atoms with E-state index in [2.05, 4.69) is 40.2 Å². The molecule has 1 aliphatic carbocycles. The van der Waals surface area contributed by atoms with Crippen LogP contribution in [0.15, 0.2) is 42.7 Å². The summed E-state index contributed by atoms with van der Waals surface area (Å²) in [7, 11) is 0. The maximum absolute atomic E-state index is 13.2. The van der Waals surface area contributed by atoms with Crippen LogP contribution in [0.25, 0.3) is 11.1 Å². The number of nitrogens with one attached hydrogen (secondary N) is 1. The number of hydrogen-bond acceptors (Lipinski definition) is 5. The minimum absolute atomic E-state index is 0.158. The molecule has 0 unspecified atom stereocenters. The van der Waals surface area contributed by atoms with Crippen molar-refractivity contribution in [1.82, 2.24) is 20.1 Å². The van der Waals surface area contributed by atoms with E-state index in [0.717, 1.165) is 79.7 Å². The number of pyridine rings is 1. The van der Waals surface area contributed by atoms with Crippen LogP contribution in [0.5, 0.6) is 11.6 Å². The number of aromatic nitrogens is 3. The Morgan fingerprint density at radius 2 is 1.94 bits per heavy atom. The Kier molecular flexibility index (Phi) is 5.98. The molecule has 182 valence electrons. The van der Waals surface area contributed by atoms with Gasteiger partial charge in [0.25, 0.3) is 0 Å². The van der Waals surface area contributed by atoms with Crippen LogP contribution in [-0.4, -0.2) is 39.8 Å². The zero-order valence-electron chi connectivity index (χ0n) is 19.9. The van der Waals surface area contributed by atoms with E-state index in [4.69, 9.17) is 21.4 Å². The Bertz CT molecular complexity index is 1250. The van der Waals surface area contributed by atoms with Crippen molar-refractivity contribution in [3.63, 3.8) is 0 Å². The lowest BCUT2D eigenvalue weighted by molar-refractivity contribution is -0.120. The second-order valence-corrected chi connectivity index (χ2v) is 10.3. The number of anilines is 1.